The number of benzene rings is 2. The summed E-state index contributed by atoms with van der Waals surface area (Å²) in [6.45, 7) is 0. The lowest BCUT2D eigenvalue weighted by Crippen LogP contribution is -2.06. The fourth-order valence-electron chi connectivity index (χ4n) is 2.07. The Bertz CT molecular complexity index is 845. The molecule has 0 bridgehead atoms. The molecule has 0 aromatic heterocycles. The molecule has 0 amide bonds. The second kappa shape index (κ2) is 6.72. The Kier molecular flexibility index (Phi) is 4.68. The topological polar surface area (TPSA) is 47.9 Å². The van der Waals surface area contributed by atoms with E-state index in [4.69, 9.17) is 21.1 Å². The molecule has 2 aromatic carbocycles. The second-order valence-corrected chi connectivity index (χ2v) is 6.39. The SMILES string of the molecule is COc1cccc(C=C2N=C(c3cc(I)ccc3Cl)OC2=O)c1. The molecule has 0 fully saturated rings. The Labute approximate surface area is 151 Å². The Balaban J connectivity index is 1.98. The zero-order valence-corrected chi connectivity index (χ0v) is 15.0. The molecule has 4 nitrogen and oxygen atoms in total. The van der Waals surface area contributed by atoms with Crippen LogP contribution in [-0.4, -0.2) is 19.0 Å². The van der Waals surface area contributed by atoms with E-state index in [1.54, 1.807) is 19.3 Å². The highest BCUT2D eigenvalue weighted by atomic mass is 127. The zero-order chi connectivity index (χ0) is 16.4. The van der Waals surface area contributed by atoms with Crippen molar-refractivity contribution in [2.24, 2.45) is 4.99 Å². The molecule has 0 aliphatic carbocycles. The molecular weight excluding hydrogens is 429 g/mol. The van der Waals surface area contributed by atoms with Crippen LogP contribution < -0.4 is 4.74 Å². The third kappa shape index (κ3) is 3.56. The van der Waals surface area contributed by atoms with E-state index in [0.29, 0.717) is 16.3 Å². The molecule has 0 N–H and O–H groups in total. The predicted molar refractivity (Wildman–Crippen MR) is 97.8 cm³/mol. The average Bonchev–Trinajstić information content (AvgIpc) is 2.90. The maximum absolute atomic E-state index is 12.0. The molecule has 0 saturated carbocycles. The van der Waals surface area contributed by atoms with Gasteiger partial charge in [0.1, 0.15) is 5.75 Å². The number of nitrogens with zero attached hydrogens (tertiary/aromatic N) is 1. The molecule has 23 heavy (non-hydrogen) atoms. The molecule has 0 spiro atoms. The molecule has 0 unspecified atom stereocenters. The van der Waals surface area contributed by atoms with Crippen LogP contribution in [0.1, 0.15) is 11.1 Å². The van der Waals surface area contributed by atoms with E-state index in [9.17, 15) is 4.79 Å². The van der Waals surface area contributed by atoms with Crippen molar-refractivity contribution in [1.82, 2.24) is 0 Å². The number of halogens is 2. The van der Waals surface area contributed by atoms with E-state index in [0.717, 1.165) is 9.13 Å². The summed E-state index contributed by atoms with van der Waals surface area (Å²) in [4.78, 5) is 16.3. The first-order chi connectivity index (χ1) is 11.1. The fourth-order valence-corrected chi connectivity index (χ4v) is 2.76. The van der Waals surface area contributed by atoms with Gasteiger partial charge in [0.2, 0.25) is 5.90 Å². The predicted octanol–water partition coefficient (Wildman–Crippen LogP) is 4.30. The standard InChI is InChI=1S/C17H11ClINO3/c1-22-12-4-2-3-10(7-12)8-15-17(21)23-16(20-15)13-9-11(19)5-6-14(13)18/h2-9H,1H3. The summed E-state index contributed by atoms with van der Waals surface area (Å²) in [6.07, 6.45) is 1.65. The van der Waals surface area contributed by atoms with Crippen molar-refractivity contribution in [2.45, 2.75) is 0 Å². The van der Waals surface area contributed by atoms with Gasteiger partial charge in [0.15, 0.2) is 5.70 Å². The fraction of sp³-hybridized carbons (Fsp3) is 0.0588. The first kappa shape index (κ1) is 16.0. The van der Waals surface area contributed by atoms with Crippen LogP contribution in [0.15, 0.2) is 53.2 Å². The number of hydrogen-bond acceptors (Lipinski definition) is 4. The van der Waals surface area contributed by atoms with E-state index >= 15 is 0 Å². The lowest BCUT2D eigenvalue weighted by Gasteiger charge is -2.02. The van der Waals surface area contributed by atoms with Crippen LogP contribution in [0.5, 0.6) is 5.75 Å². The molecule has 1 aliphatic heterocycles. The van der Waals surface area contributed by atoms with E-state index in [-0.39, 0.29) is 11.6 Å². The number of aliphatic imine (C=N–C) groups is 1. The maximum Gasteiger partial charge on any atom is 0.363 e. The van der Waals surface area contributed by atoms with Crippen molar-refractivity contribution in [3.63, 3.8) is 0 Å². The molecule has 6 heteroatoms. The molecule has 116 valence electrons. The van der Waals surface area contributed by atoms with Crippen molar-refractivity contribution >= 4 is 52.1 Å². The van der Waals surface area contributed by atoms with Gasteiger partial charge in [-0.2, -0.15) is 0 Å². The minimum atomic E-state index is -0.502. The maximum atomic E-state index is 12.0. The molecular formula is C17H11ClINO3. The van der Waals surface area contributed by atoms with E-state index < -0.39 is 5.97 Å². The Morgan fingerprint density at radius 2 is 2.09 bits per heavy atom. The highest BCUT2D eigenvalue weighted by Gasteiger charge is 2.25. The van der Waals surface area contributed by atoms with E-state index in [2.05, 4.69) is 27.6 Å². The summed E-state index contributed by atoms with van der Waals surface area (Å²) < 4.78 is 11.4. The molecule has 0 radical (unpaired) electrons. The van der Waals surface area contributed by atoms with Gasteiger partial charge >= 0.3 is 5.97 Å². The number of ether oxygens (including phenoxy) is 2. The number of cyclic esters (lactones) is 1. The van der Waals surface area contributed by atoms with E-state index in [1.807, 2.05) is 36.4 Å². The van der Waals surface area contributed by atoms with Gasteiger partial charge in [-0.15, -0.1) is 0 Å². The summed E-state index contributed by atoms with van der Waals surface area (Å²) in [5.74, 6) is 0.418. The Hall–Kier alpha value is -1.86. The molecule has 3 rings (SSSR count). The van der Waals surface area contributed by atoms with Crippen LogP contribution in [0.2, 0.25) is 5.02 Å². The number of carbonyl (C=O) groups excluding carboxylic acids is 1. The number of esters is 1. The minimum Gasteiger partial charge on any atom is -0.497 e. The summed E-state index contributed by atoms with van der Waals surface area (Å²) in [5, 5.41) is 0.486. The van der Waals surface area contributed by atoms with E-state index in [1.165, 1.54) is 0 Å². The Morgan fingerprint density at radius 1 is 1.26 bits per heavy atom. The van der Waals surface area contributed by atoms with Crippen LogP contribution in [0, 0.1) is 3.57 Å². The van der Waals surface area contributed by atoms with Crippen molar-refractivity contribution < 1.29 is 14.3 Å². The second-order valence-electron chi connectivity index (χ2n) is 4.74. The molecule has 0 atom stereocenters. The number of hydrogen-bond donors (Lipinski definition) is 0. The Morgan fingerprint density at radius 3 is 2.87 bits per heavy atom. The van der Waals surface area contributed by atoms with Crippen molar-refractivity contribution in [3.8, 4) is 5.75 Å². The van der Waals surface area contributed by atoms with Gasteiger partial charge in [0, 0.05) is 3.57 Å². The quantitative estimate of drug-likeness (QED) is 0.407. The summed E-state index contributed by atoms with van der Waals surface area (Å²) in [6, 6.07) is 12.8. The lowest BCUT2D eigenvalue weighted by atomic mass is 10.2. The highest BCUT2D eigenvalue weighted by molar-refractivity contribution is 14.1. The van der Waals surface area contributed by atoms with Crippen LogP contribution in [-0.2, 0) is 9.53 Å². The van der Waals surface area contributed by atoms with Crippen molar-refractivity contribution in [3.05, 3.63) is 67.9 Å². The highest BCUT2D eigenvalue weighted by Crippen LogP contribution is 2.25. The summed E-state index contributed by atoms with van der Waals surface area (Å²) in [5.41, 5.74) is 1.62. The zero-order valence-electron chi connectivity index (χ0n) is 12.0. The average molecular weight is 440 g/mol. The van der Waals surface area contributed by atoms with Gasteiger partial charge in [0.05, 0.1) is 17.7 Å². The normalized spacial score (nSPS) is 15.5. The largest absolute Gasteiger partial charge is 0.497 e. The molecule has 1 aliphatic rings. The van der Waals surface area contributed by atoms with Gasteiger partial charge in [-0.1, -0.05) is 23.7 Å². The summed E-state index contributed by atoms with van der Waals surface area (Å²) in [7, 11) is 1.59. The first-order valence-corrected chi connectivity index (χ1v) is 8.14. The molecule has 0 saturated heterocycles. The van der Waals surface area contributed by atoms with Crippen LogP contribution in [0.25, 0.3) is 6.08 Å². The third-order valence-electron chi connectivity index (χ3n) is 3.18. The van der Waals surface area contributed by atoms with Gasteiger partial charge in [-0.3, -0.25) is 0 Å². The lowest BCUT2D eigenvalue weighted by molar-refractivity contribution is -0.129. The van der Waals surface area contributed by atoms with Crippen LogP contribution in [0.3, 0.4) is 0 Å². The van der Waals surface area contributed by atoms with Crippen LogP contribution >= 0.6 is 34.2 Å². The summed E-state index contributed by atoms with van der Waals surface area (Å²) >= 11 is 8.32. The monoisotopic (exact) mass is 439 g/mol. The third-order valence-corrected chi connectivity index (χ3v) is 4.18. The van der Waals surface area contributed by atoms with Crippen molar-refractivity contribution in [1.29, 1.82) is 0 Å². The van der Waals surface area contributed by atoms with Gasteiger partial charge in [0.25, 0.3) is 0 Å². The number of methoxy groups -OCH3 is 1. The van der Waals surface area contributed by atoms with Gasteiger partial charge < -0.3 is 9.47 Å². The van der Waals surface area contributed by atoms with Crippen LogP contribution in [0.4, 0.5) is 0 Å². The first-order valence-electron chi connectivity index (χ1n) is 6.69. The van der Waals surface area contributed by atoms with Gasteiger partial charge in [-0.05, 0) is 64.6 Å². The minimum absolute atomic E-state index is 0.215. The molecule has 1 heterocycles. The number of rotatable bonds is 3. The van der Waals surface area contributed by atoms with Gasteiger partial charge in [-0.25, -0.2) is 9.79 Å². The smallest absolute Gasteiger partial charge is 0.363 e. The van der Waals surface area contributed by atoms with Crippen molar-refractivity contribution in [2.75, 3.05) is 7.11 Å². The number of carbonyl (C=O) groups is 1. The molecule has 2 aromatic rings.